The predicted octanol–water partition coefficient (Wildman–Crippen LogP) is 1.08. The van der Waals surface area contributed by atoms with Crippen LogP contribution in [0.3, 0.4) is 0 Å². The second kappa shape index (κ2) is 5.73. The van der Waals surface area contributed by atoms with Gasteiger partial charge in [0.15, 0.2) is 16.6 Å². The van der Waals surface area contributed by atoms with Crippen molar-refractivity contribution in [1.82, 2.24) is 4.37 Å². The fourth-order valence-electron chi connectivity index (χ4n) is 1.86. The average Bonchev–Trinajstić information content (AvgIpc) is 2.70. The van der Waals surface area contributed by atoms with Crippen molar-refractivity contribution >= 4 is 22.4 Å². The van der Waals surface area contributed by atoms with E-state index in [0.29, 0.717) is 50.8 Å². The molecule has 0 unspecified atom stereocenters. The van der Waals surface area contributed by atoms with Crippen LogP contribution in [0.4, 0.5) is 10.8 Å². The standard InChI is InChI=1S/C11H19N3O3S/c1-2-17-8-9(12)14-18-10(8)13-7-11(15)3-5-16-6-4-11/h13,15H,2-7H2,1H3,(H2,12,14). The fraction of sp³-hybridized carbons (Fsp3) is 0.727. The molecule has 2 rings (SSSR count). The molecule has 0 spiro atoms. The molecule has 0 bridgehead atoms. The zero-order chi connectivity index (χ0) is 13.0. The van der Waals surface area contributed by atoms with Crippen LogP contribution in [0, 0.1) is 0 Å². The number of nitrogens with one attached hydrogen (secondary N) is 1. The molecule has 7 heteroatoms. The molecule has 6 nitrogen and oxygen atoms in total. The van der Waals surface area contributed by atoms with Crippen molar-refractivity contribution in [1.29, 1.82) is 0 Å². The molecule has 18 heavy (non-hydrogen) atoms. The van der Waals surface area contributed by atoms with E-state index >= 15 is 0 Å². The van der Waals surface area contributed by atoms with Crippen LogP contribution in [0.2, 0.25) is 0 Å². The zero-order valence-corrected chi connectivity index (χ0v) is 11.3. The highest BCUT2D eigenvalue weighted by molar-refractivity contribution is 7.11. The van der Waals surface area contributed by atoms with Gasteiger partial charge in [-0.15, -0.1) is 0 Å². The van der Waals surface area contributed by atoms with Crippen molar-refractivity contribution in [2.45, 2.75) is 25.4 Å². The van der Waals surface area contributed by atoms with Crippen LogP contribution in [0.5, 0.6) is 5.75 Å². The minimum absolute atomic E-state index is 0.392. The number of rotatable bonds is 5. The summed E-state index contributed by atoms with van der Waals surface area (Å²) in [4.78, 5) is 0. The van der Waals surface area contributed by atoms with Crippen molar-refractivity contribution in [2.24, 2.45) is 0 Å². The van der Waals surface area contributed by atoms with E-state index in [9.17, 15) is 5.11 Å². The van der Waals surface area contributed by atoms with Crippen LogP contribution in [-0.2, 0) is 4.74 Å². The summed E-state index contributed by atoms with van der Waals surface area (Å²) in [6.07, 6.45) is 1.27. The summed E-state index contributed by atoms with van der Waals surface area (Å²) in [5.74, 6) is 0.974. The molecule has 1 fully saturated rings. The molecule has 1 saturated heterocycles. The zero-order valence-electron chi connectivity index (χ0n) is 10.4. The summed E-state index contributed by atoms with van der Waals surface area (Å²) in [6.45, 7) is 4.09. The van der Waals surface area contributed by atoms with Crippen LogP contribution >= 0.6 is 11.5 Å². The maximum Gasteiger partial charge on any atom is 0.197 e. The Hall–Kier alpha value is -1.05. The van der Waals surface area contributed by atoms with Gasteiger partial charge in [-0.25, -0.2) is 0 Å². The third kappa shape index (κ3) is 3.04. The quantitative estimate of drug-likeness (QED) is 0.744. The van der Waals surface area contributed by atoms with Gasteiger partial charge in [-0.05, 0) is 18.5 Å². The maximum atomic E-state index is 10.3. The first kappa shape index (κ1) is 13.4. The molecule has 1 aromatic heterocycles. The van der Waals surface area contributed by atoms with E-state index in [1.807, 2.05) is 6.92 Å². The van der Waals surface area contributed by atoms with E-state index in [4.69, 9.17) is 15.2 Å². The second-order valence-corrected chi connectivity index (χ2v) is 5.12. The Bertz CT molecular complexity index is 391. The van der Waals surface area contributed by atoms with Crippen LogP contribution in [0.1, 0.15) is 19.8 Å². The normalized spacial score (nSPS) is 18.6. The number of aliphatic hydroxyl groups is 1. The lowest BCUT2D eigenvalue weighted by molar-refractivity contribution is -0.0543. The summed E-state index contributed by atoms with van der Waals surface area (Å²) in [7, 11) is 0. The number of hydrogen-bond donors (Lipinski definition) is 3. The highest BCUT2D eigenvalue weighted by atomic mass is 32.1. The summed E-state index contributed by atoms with van der Waals surface area (Å²) in [5.41, 5.74) is 5.00. The highest BCUT2D eigenvalue weighted by Gasteiger charge is 2.30. The lowest BCUT2D eigenvalue weighted by atomic mass is 9.94. The van der Waals surface area contributed by atoms with Crippen LogP contribution in [0.15, 0.2) is 0 Å². The Balaban J connectivity index is 1.97. The van der Waals surface area contributed by atoms with Crippen LogP contribution < -0.4 is 15.8 Å². The third-order valence-corrected chi connectivity index (χ3v) is 3.76. The number of aromatic nitrogens is 1. The molecule has 0 aromatic carbocycles. The minimum Gasteiger partial charge on any atom is -0.487 e. The van der Waals surface area contributed by atoms with Gasteiger partial charge in [0, 0.05) is 32.6 Å². The van der Waals surface area contributed by atoms with Gasteiger partial charge >= 0.3 is 0 Å². The molecule has 0 aliphatic carbocycles. The fourth-order valence-corrected chi connectivity index (χ4v) is 2.52. The Kier molecular flexibility index (Phi) is 4.26. The number of hydrogen-bond acceptors (Lipinski definition) is 7. The summed E-state index contributed by atoms with van der Waals surface area (Å²) < 4.78 is 14.7. The molecule has 0 radical (unpaired) electrons. The molecule has 0 amide bonds. The molecule has 1 aliphatic rings. The molecule has 4 N–H and O–H groups in total. The van der Waals surface area contributed by atoms with Gasteiger partial charge in [0.25, 0.3) is 0 Å². The van der Waals surface area contributed by atoms with Crippen LogP contribution in [0.25, 0.3) is 0 Å². The van der Waals surface area contributed by atoms with Crippen molar-refractivity contribution in [2.75, 3.05) is 37.4 Å². The van der Waals surface area contributed by atoms with E-state index in [-0.39, 0.29) is 0 Å². The summed E-state index contributed by atoms with van der Waals surface area (Å²) in [6, 6.07) is 0. The van der Waals surface area contributed by atoms with Crippen molar-refractivity contribution < 1.29 is 14.6 Å². The third-order valence-electron chi connectivity index (χ3n) is 2.96. The van der Waals surface area contributed by atoms with E-state index in [2.05, 4.69) is 9.69 Å². The monoisotopic (exact) mass is 273 g/mol. The molecule has 0 atom stereocenters. The molecule has 1 aromatic rings. The van der Waals surface area contributed by atoms with E-state index in [1.165, 1.54) is 11.5 Å². The Labute approximate surface area is 110 Å². The molecular formula is C11H19N3O3S. The van der Waals surface area contributed by atoms with Gasteiger partial charge in [0.1, 0.15) is 0 Å². The van der Waals surface area contributed by atoms with Crippen molar-refractivity contribution in [3.63, 3.8) is 0 Å². The Morgan fingerprint density at radius 3 is 2.94 bits per heavy atom. The minimum atomic E-state index is -0.722. The van der Waals surface area contributed by atoms with Gasteiger partial charge < -0.3 is 25.6 Å². The molecular weight excluding hydrogens is 254 g/mol. The largest absolute Gasteiger partial charge is 0.487 e. The van der Waals surface area contributed by atoms with Crippen molar-refractivity contribution in [3.8, 4) is 5.75 Å². The number of nitrogens with two attached hydrogens (primary N) is 1. The van der Waals surface area contributed by atoms with Gasteiger partial charge in [0.2, 0.25) is 0 Å². The molecule has 102 valence electrons. The number of nitrogens with zero attached hydrogens (tertiary/aromatic N) is 1. The van der Waals surface area contributed by atoms with E-state index < -0.39 is 5.60 Å². The molecule has 0 saturated carbocycles. The van der Waals surface area contributed by atoms with Crippen LogP contribution in [-0.4, -0.2) is 41.4 Å². The van der Waals surface area contributed by atoms with Gasteiger partial charge in [-0.3, -0.25) is 0 Å². The van der Waals surface area contributed by atoms with E-state index in [1.54, 1.807) is 0 Å². The summed E-state index contributed by atoms with van der Waals surface area (Å²) in [5, 5.41) is 14.3. The Morgan fingerprint density at radius 1 is 1.56 bits per heavy atom. The summed E-state index contributed by atoms with van der Waals surface area (Å²) >= 11 is 1.25. The first-order valence-electron chi connectivity index (χ1n) is 6.06. The molecule has 1 aliphatic heterocycles. The number of ether oxygens (including phenoxy) is 2. The first-order chi connectivity index (χ1) is 8.64. The number of anilines is 2. The lowest BCUT2D eigenvalue weighted by Gasteiger charge is -2.32. The van der Waals surface area contributed by atoms with Gasteiger partial charge in [0.05, 0.1) is 12.2 Å². The van der Waals surface area contributed by atoms with Gasteiger partial charge in [-0.1, -0.05) is 0 Å². The topological polar surface area (TPSA) is 89.6 Å². The van der Waals surface area contributed by atoms with Crippen molar-refractivity contribution in [3.05, 3.63) is 0 Å². The molecule has 2 heterocycles. The lowest BCUT2D eigenvalue weighted by Crippen LogP contribution is -2.42. The second-order valence-electron chi connectivity index (χ2n) is 4.35. The SMILES string of the molecule is CCOc1c(N)nsc1NCC1(O)CCOCC1. The number of nitrogen functional groups attached to an aromatic ring is 1. The predicted molar refractivity (Wildman–Crippen MR) is 71.2 cm³/mol. The smallest absolute Gasteiger partial charge is 0.197 e. The Morgan fingerprint density at radius 2 is 2.28 bits per heavy atom. The first-order valence-corrected chi connectivity index (χ1v) is 6.84. The highest BCUT2D eigenvalue weighted by Crippen LogP contribution is 2.35. The maximum absolute atomic E-state index is 10.3. The van der Waals surface area contributed by atoms with E-state index in [0.717, 1.165) is 5.00 Å². The average molecular weight is 273 g/mol. The van der Waals surface area contributed by atoms with Gasteiger partial charge in [-0.2, -0.15) is 4.37 Å².